The summed E-state index contributed by atoms with van der Waals surface area (Å²) in [6.45, 7) is 3.83. The van der Waals surface area contributed by atoms with Gasteiger partial charge in [0.2, 0.25) is 0 Å². The molecule has 0 fully saturated rings. The van der Waals surface area contributed by atoms with Crippen LogP contribution in [-0.4, -0.2) is 11.6 Å². The molecule has 0 aliphatic rings. The molecule has 0 unspecified atom stereocenters. The molecule has 6 heteroatoms. The van der Waals surface area contributed by atoms with Gasteiger partial charge >= 0.3 is 0 Å². The number of carbonyl (C=O) groups is 1. The third-order valence-electron chi connectivity index (χ3n) is 3.64. The molecule has 1 amide bonds. The van der Waals surface area contributed by atoms with E-state index in [1.165, 1.54) is 11.3 Å². The van der Waals surface area contributed by atoms with Crippen molar-refractivity contribution in [3.63, 3.8) is 0 Å². The molecule has 24 heavy (non-hydrogen) atoms. The van der Waals surface area contributed by atoms with Crippen LogP contribution in [0.1, 0.15) is 27.7 Å². The molecule has 0 radical (unpaired) electrons. The van der Waals surface area contributed by atoms with E-state index in [-0.39, 0.29) is 5.91 Å². The number of thiophene rings is 1. The minimum atomic E-state index is -0.311. The number of nitrogens with one attached hydrogen (secondary N) is 1. The van der Waals surface area contributed by atoms with E-state index in [1.807, 2.05) is 44.2 Å². The number of fused-ring (bicyclic) bond motifs is 1. The Morgan fingerprint density at radius 2 is 1.92 bits per heavy atom. The van der Waals surface area contributed by atoms with Crippen LogP contribution >= 0.6 is 22.9 Å². The van der Waals surface area contributed by atoms with Crippen molar-refractivity contribution in [2.45, 2.75) is 13.8 Å². The number of amides is 1. The molecule has 4 nitrogen and oxygen atoms in total. The highest BCUT2D eigenvalue weighted by molar-refractivity contribution is 7.21. The molecule has 3 aromatic rings. The van der Waals surface area contributed by atoms with Crippen LogP contribution in [0, 0.1) is 6.92 Å². The Hall–Kier alpha value is -2.37. The summed E-state index contributed by atoms with van der Waals surface area (Å²) < 4.78 is 0.990. The molecule has 0 saturated heterocycles. The predicted octanol–water partition coefficient (Wildman–Crippen LogP) is 4.60. The predicted molar refractivity (Wildman–Crippen MR) is 102 cm³/mol. The number of rotatable bonds is 3. The van der Waals surface area contributed by atoms with Crippen LogP contribution in [0.15, 0.2) is 47.6 Å². The first-order valence-electron chi connectivity index (χ1n) is 7.35. The minimum absolute atomic E-state index is 0.311. The molecular weight excluding hydrogens is 342 g/mol. The zero-order chi connectivity index (χ0) is 17.3. The second-order valence-electron chi connectivity index (χ2n) is 5.50. The van der Waals surface area contributed by atoms with Gasteiger partial charge in [-0.05, 0) is 43.2 Å². The Morgan fingerprint density at radius 3 is 2.62 bits per heavy atom. The summed E-state index contributed by atoms with van der Waals surface area (Å²) in [6.07, 6.45) is 0. The summed E-state index contributed by atoms with van der Waals surface area (Å²) in [5.41, 5.74) is 11.6. The van der Waals surface area contributed by atoms with Gasteiger partial charge in [-0.1, -0.05) is 35.9 Å². The smallest absolute Gasteiger partial charge is 0.283 e. The van der Waals surface area contributed by atoms with Crippen molar-refractivity contribution in [1.82, 2.24) is 5.43 Å². The molecule has 3 rings (SSSR count). The van der Waals surface area contributed by atoms with Gasteiger partial charge in [0.05, 0.1) is 10.7 Å². The average molecular weight is 358 g/mol. The van der Waals surface area contributed by atoms with Gasteiger partial charge in [-0.15, -0.1) is 11.3 Å². The van der Waals surface area contributed by atoms with Gasteiger partial charge in [-0.2, -0.15) is 5.10 Å². The van der Waals surface area contributed by atoms with E-state index >= 15 is 0 Å². The maximum absolute atomic E-state index is 12.4. The van der Waals surface area contributed by atoms with Crippen molar-refractivity contribution in [2.24, 2.45) is 5.10 Å². The fourth-order valence-electron chi connectivity index (χ4n) is 2.29. The monoisotopic (exact) mass is 357 g/mol. The lowest BCUT2D eigenvalue weighted by atomic mass is 10.1. The first-order valence-corrected chi connectivity index (χ1v) is 8.54. The summed E-state index contributed by atoms with van der Waals surface area (Å²) in [7, 11) is 0. The van der Waals surface area contributed by atoms with Gasteiger partial charge in [0, 0.05) is 15.8 Å². The number of hydrogen-bond acceptors (Lipinski definition) is 4. The highest BCUT2D eigenvalue weighted by Gasteiger charge is 2.17. The van der Waals surface area contributed by atoms with Crippen molar-refractivity contribution < 1.29 is 4.79 Å². The molecule has 0 spiro atoms. The summed E-state index contributed by atoms with van der Waals surface area (Å²) in [5.74, 6) is -0.311. The molecule has 2 aromatic carbocycles. The second-order valence-corrected chi connectivity index (χ2v) is 6.94. The van der Waals surface area contributed by atoms with Gasteiger partial charge in [0.1, 0.15) is 4.88 Å². The quantitative estimate of drug-likeness (QED) is 0.408. The number of halogens is 1. The second kappa shape index (κ2) is 6.63. The Bertz CT molecular complexity index is 945. The lowest BCUT2D eigenvalue weighted by Crippen LogP contribution is -2.18. The summed E-state index contributed by atoms with van der Waals surface area (Å²) in [5, 5.41) is 5.50. The van der Waals surface area contributed by atoms with E-state index in [9.17, 15) is 4.79 Å². The van der Waals surface area contributed by atoms with Crippen molar-refractivity contribution in [1.29, 1.82) is 0 Å². The van der Waals surface area contributed by atoms with Gasteiger partial charge in [-0.25, -0.2) is 5.43 Å². The van der Waals surface area contributed by atoms with E-state index < -0.39 is 0 Å². The van der Waals surface area contributed by atoms with E-state index in [4.69, 9.17) is 17.3 Å². The first kappa shape index (κ1) is 16.5. The number of benzene rings is 2. The zero-order valence-electron chi connectivity index (χ0n) is 13.3. The summed E-state index contributed by atoms with van der Waals surface area (Å²) >= 11 is 7.71. The fourth-order valence-corrected chi connectivity index (χ4v) is 3.80. The molecular formula is C18H16ClN3OS. The number of aryl methyl sites for hydroxylation is 1. The van der Waals surface area contributed by atoms with E-state index in [0.29, 0.717) is 21.3 Å². The van der Waals surface area contributed by atoms with Crippen molar-refractivity contribution in [3.8, 4) is 0 Å². The molecule has 0 aliphatic carbocycles. The van der Waals surface area contributed by atoms with Crippen LogP contribution in [0.25, 0.3) is 10.1 Å². The van der Waals surface area contributed by atoms with Gasteiger partial charge in [0.25, 0.3) is 5.91 Å². The third-order valence-corrected chi connectivity index (χ3v) is 5.30. The van der Waals surface area contributed by atoms with E-state index in [1.54, 1.807) is 12.1 Å². The number of nitrogens with two attached hydrogens (primary N) is 1. The van der Waals surface area contributed by atoms with Crippen LogP contribution in [0.4, 0.5) is 5.69 Å². The molecule has 0 atom stereocenters. The number of nitrogens with zero attached hydrogens (tertiary/aromatic N) is 1. The molecule has 1 aromatic heterocycles. The zero-order valence-corrected chi connectivity index (χ0v) is 14.8. The number of hydrazone groups is 1. The Morgan fingerprint density at radius 1 is 1.21 bits per heavy atom. The average Bonchev–Trinajstić information content (AvgIpc) is 2.89. The molecule has 0 aliphatic heterocycles. The molecule has 1 heterocycles. The SMILES string of the molecule is C/C(=N/NC(=O)c1sc2cc(C)ccc2c1Cl)c1ccc(N)cc1. The van der Waals surface area contributed by atoms with Crippen molar-refractivity contribution in [2.75, 3.05) is 5.73 Å². The lowest BCUT2D eigenvalue weighted by Gasteiger charge is -2.02. The van der Waals surface area contributed by atoms with Crippen molar-refractivity contribution in [3.05, 3.63) is 63.5 Å². The standard InChI is InChI=1S/C18H16ClN3OS/c1-10-3-8-14-15(9-10)24-17(16(14)19)18(23)22-21-11(2)12-4-6-13(20)7-5-12/h3-9H,20H2,1-2H3,(H,22,23)/b21-11-. The molecule has 0 bridgehead atoms. The maximum atomic E-state index is 12.4. The van der Waals surface area contributed by atoms with Gasteiger partial charge in [-0.3, -0.25) is 4.79 Å². The highest BCUT2D eigenvalue weighted by Crippen LogP contribution is 2.35. The third kappa shape index (κ3) is 3.27. The van der Waals surface area contributed by atoms with Gasteiger partial charge in [0.15, 0.2) is 0 Å². The topological polar surface area (TPSA) is 67.5 Å². The Labute approximate surface area is 148 Å². The van der Waals surface area contributed by atoms with Crippen LogP contribution in [-0.2, 0) is 0 Å². The Kier molecular flexibility index (Phi) is 4.55. The highest BCUT2D eigenvalue weighted by atomic mass is 35.5. The van der Waals surface area contributed by atoms with Crippen LogP contribution < -0.4 is 11.2 Å². The van der Waals surface area contributed by atoms with Crippen LogP contribution in [0.5, 0.6) is 0 Å². The number of anilines is 1. The molecule has 122 valence electrons. The van der Waals surface area contributed by atoms with E-state index in [0.717, 1.165) is 21.2 Å². The molecule has 0 saturated carbocycles. The summed E-state index contributed by atoms with van der Waals surface area (Å²) in [4.78, 5) is 12.9. The van der Waals surface area contributed by atoms with Crippen LogP contribution in [0.3, 0.4) is 0 Å². The molecule has 3 N–H and O–H groups in total. The fraction of sp³-hybridized carbons (Fsp3) is 0.111. The summed E-state index contributed by atoms with van der Waals surface area (Å²) in [6, 6.07) is 13.2. The number of carbonyl (C=O) groups excluding carboxylic acids is 1. The number of nitrogen functional groups attached to an aromatic ring is 1. The normalized spacial score (nSPS) is 11.7. The van der Waals surface area contributed by atoms with E-state index in [2.05, 4.69) is 10.5 Å². The largest absolute Gasteiger partial charge is 0.399 e. The minimum Gasteiger partial charge on any atom is -0.399 e. The van der Waals surface area contributed by atoms with Crippen LogP contribution in [0.2, 0.25) is 5.02 Å². The lowest BCUT2D eigenvalue weighted by molar-refractivity contribution is 0.0959. The number of hydrogen-bond donors (Lipinski definition) is 2. The van der Waals surface area contributed by atoms with Gasteiger partial charge < -0.3 is 5.73 Å². The van der Waals surface area contributed by atoms with Crippen molar-refractivity contribution >= 4 is 50.3 Å². The maximum Gasteiger partial charge on any atom is 0.283 e. The Balaban J connectivity index is 1.83. The first-order chi connectivity index (χ1) is 11.5.